The highest BCUT2D eigenvalue weighted by Gasteiger charge is 2.18. The number of methoxy groups -OCH3 is 1. The summed E-state index contributed by atoms with van der Waals surface area (Å²) in [6, 6.07) is 4.42. The molecule has 0 spiro atoms. The van der Waals surface area contributed by atoms with Crippen LogP contribution in [0.25, 0.3) is 0 Å². The Morgan fingerprint density at radius 2 is 2.22 bits per heavy atom. The zero-order chi connectivity index (χ0) is 13.5. The maximum Gasteiger partial charge on any atom is 0.257 e. The number of aromatic hydroxyl groups is 1. The van der Waals surface area contributed by atoms with E-state index in [0.29, 0.717) is 30.0 Å². The van der Waals surface area contributed by atoms with Crippen molar-refractivity contribution in [2.75, 3.05) is 32.1 Å². The maximum atomic E-state index is 12.2. The van der Waals surface area contributed by atoms with Crippen molar-refractivity contribution in [1.29, 1.82) is 0 Å². The van der Waals surface area contributed by atoms with Gasteiger partial charge < -0.3 is 14.7 Å². The minimum atomic E-state index is -0.258. The van der Waals surface area contributed by atoms with Gasteiger partial charge in [0.25, 0.3) is 5.91 Å². The molecule has 0 radical (unpaired) electrons. The Hall–Kier alpha value is -0.780. The summed E-state index contributed by atoms with van der Waals surface area (Å²) >= 11 is 9.12. The predicted octanol–water partition coefficient (Wildman–Crippen LogP) is 2.53. The molecule has 6 heteroatoms. The fourth-order valence-electron chi connectivity index (χ4n) is 1.47. The summed E-state index contributed by atoms with van der Waals surface area (Å²) in [5, 5.41) is 10.8. The number of carbonyl (C=O) groups is 1. The lowest BCUT2D eigenvalue weighted by Gasteiger charge is -2.21. The van der Waals surface area contributed by atoms with E-state index >= 15 is 0 Å². The van der Waals surface area contributed by atoms with Gasteiger partial charge in [0, 0.05) is 30.6 Å². The summed E-state index contributed by atoms with van der Waals surface area (Å²) in [5.41, 5.74) is 0.208. The standard InChI is InChI=1S/C12H15BrClNO3/c1-18-7-6-15(5-4-13)12(17)10-8-9(14)2-3-11(10)16/h2-3,8,16H,4-7H2,1H3. The quantitative estimate of drug-likeness (QED) is 0.812. The number of ether oxygens (including phenoxy) is 1. The molecule has 100 valence electrons. The van der Waals surface area contributed by atoms with Gasteiger partial charge in [0.15, 0.2) is 0 Å². The minimum absolute atomic E-state index is 0.0682. The largest absolute Gasteiger partial charge is 0.507 e. The summed E-state index contributed by atoms with van der Waals surface area (Å²) in [4.78, 5) is 13.8. The van der Waals surface area contributed by atoms with Gasteiger partial charge in [-0.3, -0.25) is 4.79 Å². The van der Waals surface area contributed by atoms with E-state index in [9.17, 15) is 9.90 Å². The SMILES string of the molecule is COCCN(CCBr)C(=O)c1cc(Cl)ccc1O. The molecular weight excluding hydrogens is 321 g/mol. The van der Waals surface area contributed by atoms with Gasteiger partial charge in [-0.15, -0.1) is 0 Å². The Morgan fingerprint density at radius 3 is 2.83 bits per heavy atom. The number of benzene rings is 1. The minimum Gasteiger partial charge on any atom is -0.507 e. The Bertz CT molecular complexity index is 414. The molecule has 18 heavy (non-hydrogen) atoms. The number of hydrogen-bond acceptors (Lipinski definition) is 3. The van der Waals surface area contributed by atoms with Gasteiger partial charge in [0.05, 0.1) is 12.2 Å². The number of amides is 1. The van der Waals surface area contributed by atoms with E-state index < -0.39 is 0 Å². The molecule has 0 aliphatic rings. The average Bonchev–Trinajstić information content (AvgIpc) is 2.36. The van der Waals surface area contributed by atoms with Crippen molar-refractivity contribution in [3.05, 3.63) is 28.8 Å². The van der Waals surface area contributed by atoms with Gasteiger partial charge in [-0.25, -0.2) is 0 Å². The lowest BCUT2D eigenvalue weighted by atomic mass is 10.1. The molecule has 0 unspecified atom stereocenters. The summed E-state index contributed by atoms with van der Waals surface area (Å²) in [6.45, 7) is 1.45. The second kappa shape index (κ2) is 7.61. The number of hydrogen-bond donors (Lipinski definition) is 1. The van der Waals surface area contributed by atoms with Crippen LogP contribution < -0.4 is 0 Å². The normalized spacial score (nSPS) is 10.4. The summed E-state index contributed by atoms with van der Waals surface area (Å²) in [6.07, 6.45) is 0. The Kier molecular flexibility index (Phi) is 6.46. The van der Waals surface area contributed by atoms with Crippen LogP contribution in [0.1, 0.15) is 10.4 Å². The predicted molar refractivity (Wildman–Crippen MR) is 74.7 cm³/mol. The topological polar surface area (TPSA) is 49.8 Å². The van der Waals surface area contributed by atoms with E-state index in [2.05, 4.69) is 15.9 Å². The van der Waals surface area contributed by atoms with Crippen LogP contribution >= 0.6 is 27.5 Å². The molecular formula is C12H15BrClNO3. The van der Waals surface area contributed by atoms with Crippen molar-refractivity contribution < 1.29 is 14.6 Å². The summed E-state index contributed by atoms with van der Waals surface area (Å²) < 4.78 is 4.96. The average molecular weight is 337 g/mol. The third kappa shape index (κ3) is 4.15. The van der Waals surface area contributed by atoms with Crippen LogP contribution in [0.5, 0.6) is 5.75 Å². The van der Waals surface area contributed by atoms with Gasteiger partial charge in [-0.2, -0.15) is 0 Å². The van der Waals surface area contributed by atoms with Crippen molar-refractivity contribution in [3.63, 3.8) is 0 Å². The van der Waals surface area contributed by atoms with E-state index in [1.54, 1.807) is 12.0 Å². The first-order valence-corrected chi connectivity index (χ1v) is 6.92. The number of nitrogens with zero attached hydrogens (tertiary/aromatic N) is 1. The zero-order valence-corrected chi connectivity index (χ0v) is 12.4. The van der Waals surface area contributed by atoms with E-state index in [1.807, 2.05) is 0 Å². The molecule has 0 atom stereocenters. The fourth-order valence-corrected chi connectivity index (χ4v) is 2.07. The number of rotatable bonds is 6. The molecule has 0 saturated carbocycles. The molecule has 0 aromatic heterocycles. The first-order chi connectivity index (χ1) is 8.60. The molecule has 1 aromatic carbocycles. The van der Waals surface area contributed by atoms with Crippen molar-refractivity contribution in [3.8, 4) is 5.75 Å². The third-order valence-electron chi connectivity index (χ3n) is 2.40. The molecule has 0 heterocycles. The zero-order valence-electron chi connectivity index (χ0n) is 10.0. The lowest BCUT2D eigenvalue weighted by Crippen LogP contribution is -2.35. The molecule has 1 amide bonds. The molecule has 0 bridgehead atoms. The smallest absolute Gasteiger partial charge is 0.257 e. The third-order valence-corrected chi connectivity index (χ3v) is 2.99. The number of phenols is 1. The second-order valence-corrected chi connectivity index (χ2v) is 4.86. The molecule has 0 aliphatic carbocycles. The van der Waals surface area contributed by atoms with Crippen LogP contribution in [-0.2, 0) is 4.74 Å². The molecule has 4 nitrogen and oxygen atoms in total. The van der Waals surface area contributed by atoms with Crippen molar-refractivity contribution in [2.45, 2.75) is 0 Å². The van der Waals surface area contributed by atoms with E-state index in [-0.39, 0.29) is 17.2 Å². The Labute approximate surface area is 120 Å². The molecule has 1 N–H and O–H groups in total. The van der Waals surface area contributed by atoms with Crippen LogP contribution in [0, 0.1) is 0 Å². The van der Waals surface area contributed by atoms with Gasteiger partial charge in [0.2, 0.25) is 0 Å². The highest BCUT2D eigenvalue weighted by Crippen LogP contribution is 2.23. The summed E-state index contributed by atoms with van der Waals surface area (Å²) in [5.74, 6) is -0.326. The maximum absolute atomic E-state index is 12.2. The van der Waals surface area contributed by atoms with Crippen molar-refractivity contribution in [2.24, 2.45) is 0 Å². The Balaban J connectivity index is 2.90. The van der Waals surface area contributed by atoms with Gasteiger partial charge in [-0.1, -0.05) is 27.5 Å². The molecule has 0 aliphatic heterocycles. The first-order valence-electron chi connectivity index (χ1n) is 5.42. The number of phenolic OH excluding ortho intramolecular Hbond substituents is 1. The molecule has 1 aromatic rings. The van der Waals surface area contributed by atoms with Crippen LogP contribution in [-0.4, -0.2) is 48.0 Å². The Morgan fingerprint density at radius 1 is 1.50 bits per heavy atom. The molecule has 1 rings (SSSR count). The second-order valence-electron chi connectivity index (χ2n) is 3.64. The van der Waals surface area contributed by atoms with Gasteiger partial charge in [-0.05, 0) is 18.2 Å². The number of alkyl halides is 1. The van der Waals surface area contributed by atoms with Crippen LogP contribution in [0.4, 0.5) is 0 Å². The monoisotopic (exact) mass is 335 g/mol. The van der Waals surface area contributed by atoms with E-state index in [4.69, 9.17) is 16.3 Å². The van der Waals surface area contributed by atoms with E-state index in [1.165, 1.54) is 18.2 Å². The fraction of sp³-hybridized carbons (Fsp3) is 0.417. The molecule has 0 fully saturated rings. The first kappa shape index (κ1) is 15.3. The molecule has 0 saturated heterocycles. The van der Waals surface area contributed by atoms with Crippen LogP contribution in [0.15, 0.2) is 18.2 Å². The van der Waals surface area contributed by atoms with Crippen LogP contribution in [0.3, 0.4) is 0 Å². The van der Waals surface area contributed by atoms with Gasteiger partial charge >= 0.3 is 0 Å². The van der Waals surface area contributed by atoms with Crippen LogP contribution in [0.2, 0.25) is 5.02 Å². The van der Waals surface area contributed by atoms with E-state index in [0.717, 1.165) is 0 Å². The van der Waals surface area contributed by atoms with Crippen molar-refractivity contribution >= 4 is 33.4 Å². The summed E-state index contributed by atoms with van der Waals surface area (Å²) in [7, 11) is 1.58. The lowest BCUT2D eigenvalue weighted by molar-refractivity contribution is 0.0706. The highest BCUT2D eigenvalue weighted by atomic mass is 79.9. The van der Waals surface area contributed by atoms with Crippen molar-refractivity contribution in [1.82, 2.24) is 4.90 Å². The van der Waals surface area contributed by atoms with Gasteiger partial charge in [0.1, 0.15) is 5.75 Å². The highest BCUT2D eigenvalue weighted by molar-refractivity contribution is 9.09. The number of halogens is 2. The number of carbonyl (C=O) groups excluding carboxylic acids is 1.